The van der Waals surface area contributed by atoms with E-state index in [9.17, 15) is 14.9 Å². The zero-order valence-corrected chi connectivity index (χ0v) is 14.6. The fourth-order valence-corrected chi connectivity index (χ4v) is 3.03. The molecule has 3 rings (SSSR count). The van der Waals surface area contributed by atoms with Gasteiger partial charge in [0.2, 0.25) is 0 Å². The van der Waals surface area contributed by atoms with E-state index in [1.165, 1.54) is 11.7 Å². The smallest absolute Gasteiger partial charge is 0.342 e. The summed E-state index contributed by atoms with van der Waals surface area (Å²) in [7, 11) is 1.52. The lowest BCUT2D eigenvalue weighted by atomic mass is 10.0. The molecule has 0 radical (unpaired) electrons. The van der Waals surface area contributed by atoms with Gasteiger partial charge in [0.1, 0.15) is 11.4 Å². The van der Waals surface area contributed by atoms with Gasteiger partial charge in [0.05, 0.1) is 17.6 Å². The summed E-state index contributed by atoms with van der Waals surface area (Å²) < 4.78 is 6.63. The zero-order chi connectivity index (χ0) is 18.7. The van der Waals surface area contributed by atoms with Crippen LogP contribution in [0, 0.1) is 10.1 Å². The number of nitro groups is 1. The van der Waals surface area contributed by atoms with Crippen molar-refractivity contribution in [2.75, 3.05) is 7.11 Å². The van der Waals surface area contributed by atoms with Crippen molar-refractivity contribution in [2.24, 2.45) is 0 Å². The monoisotopic (exact) mass is 353 g/mol. The molecule has 0 spiro atoms. The van der Waals surface area contributed by atoms with Gasteiger partial charge in [0, 0.05) is 18.1 Å². The predicted molar refractivity (Wildman–Crippen MR) is 99.6 cm³/mol. The number of hydrogen-bond donors (Lipinski definition) is 0. The first-order valence-electron chi connectivity index (χ1n) is 8.38. The highest BCUT2D eigenvalue weighted by Crippen LogP contribution is 2.35. The third kappa shape index (κ3) is 3.03. The highest BCUT2D eigenvalue weighted by atomic mass is 16.6. The minimum Gasteiger partial charge on any atom is -0.497 e. The lowest BCUT2D eigenvalue weighted by Crippen LogP contribution is -2.25. The molecule has 0 bridgehead atoms. The largest absolute Gasteiger partial charge is 0.497 e. The van der Waals surface area contributed by atoms with E-state index in [4.69, 9.17) is 4.74 Å². The molecule has 7 nitrogen and oxygen atoms in total. The van der Waals surface area contributed by atoms with E-state index in [1.807, 2.05) is 6.92 Å². The number of nitrogens with zero attached hydrogens (tertiary/aromatic N) is 3. The van der Waals surface area contributed by atoms with Crippen LogP contribution in [0.1, 0.15) is 19.8 Å². The Morgan fingerprint density at radius 1 is 1.27 bits per heavy atom. The Morgan fingerprint density at radius 2 is 2.08 bits per heavy atom. The Morgan fingerprint density at radius 3 is 2.77 bits per heavy atom. The van der Waals surface area contributed by atoms with Gasteiger partial charge >= 0.3 is 11.2 Å². The minimum absolute atomic E-state index is 0.273. The molecule has 3 aromatic rings. The average Bonchev–Trinajstić information content (AvgIpc) is 2.66. The van der Waals surface area contributed by atoms with Crippen molar-refractivity contribution in [1.29, 1.82) is 0 Å². The normalized spacial score (nSPS) is 10.8. The fourth-order valence-electron chi connectivity index (χ4n) is 3.03. The molecule has 0 amide bonds. The van der Waals surface area contributed by atoms with Crippen molar-refractivity contribution in [3.05, 3.63) is 63.1 Å². The molecule has 7 heteroatoms. The maximum Gasteiger partial charge on any atom is 0.342 e. The highest BCUT2D eigenvalue weighted by Gasteiger charge is 2.27. The van der Waals surface area contributed by atoms with E-state index in [0.717, 1.165) is 12.8 Å². The zero-order valence-electron chi connectivity index (χ0n) is 14.6. The second-order valence-electron chi connectivity index (χ2n) is 5.90. The quantitative estimate of drug-likeness (QED) is 0.497. The maximum atomic E-state index is 12.9. The van der Waals surface area contributed by atoms with Gasteiger partial charge in [-0.15, -0.1) is 0 Å². The maximum absolute atomic E-state index is 12.9. The summed E-state index contributed by atoms with van der Waals surface area (Å²) in [4.78, 5) is 28.4. The average molecular weight is 353 g/mol. The van der Waals surface area contributed by atoms with Crippen molar-refractivity contribution in [1.82, 2.24) is 9.55 Å². The number of methoxy groups -OCH3 is 1. The summed E-state index contributed by atoms with van der Waals surface area (Å²) in [5, 5.41) is 12.4. The van der Waals surface area contributed by atoms with Crippen molar-refractivity contribution in [3.8, 4) is 16.9 Å². The molecule has 26 heavy (non-hydrogen) atoms. The first-order chi connectivity index (χ1) is 12.6. The van der Waals surface area contributed by atoms with Crippen LogP contribution < -0.4 is 10.3 Å². The second-order valence-corrected chi connectivity index (χ2v) is 5.90. The number of benzene rings is 1. The van der Waals surface area contributed by atoms with Crippen LogP contribution in [0.5, 0.6) is 5.75 Å². The van der Waals surface area contributed by atoms with Crippen LogP contribution in [0.4, 0.5) is 5.69 Å². The van der Waals surface area contributed by atoms with Gasteiger partial charge in [-0.1, -0.05) is 25.5 Å². The van der Waals surface area contributed by atoms with Crippen LogP contribution in [0.3, 0.4) is 0 Å². The van der Waals surface area contributed by atoms with E-state index in [2.05, 4.69) is 4.98 Å². The lowest BCUT2D eigenvalue weighted by Gasteiger charge is -2.13. The molecule has 2 heterocycles. The second kappa shape index (κ2) is 7.35. The molecule has 0 atom stereocenters. The molecule has 0 saturated carbocycles. The molecule has 0 N–H and O–H groups in total. The van der Waals surface area contributed by atoms with E-state index >= 15 is 0 Å². The molecule has 134 valence electrons. The van der Waals surface area contributed by atoms with Gasteiger partial charge in [-0.05, 0) is 36.2 Å². The Balaban J connectivity index is 2.43. The number of aryl methyl sites for hydroxylation is 1. The first kappa shape index (κ1) is 17.6. The van der Waals surface area contributed by atoms with Crippen LogP contribution >= 0.6 is 0 Å². The molecule has 0 aliphatic rings. The number of aromatic nitrogens is 2. The van der Waals surface area contributed by atoms with Gasteiger partial charge in [-0.25, -0.2) is 4.98 Å². The van der Waals surface area contributed by atoms with Crippen LogP contribution in [0.15, 0.2) is 47.4 Å². The standard InChI is InChI=1S/C19H19N3O4/c1-3-4-11-21-18-15(9-6-10-20-18)16(17(19(21)23)22(24)25)13-7-5-8-14(12-13)26-2/h5-10,12H,3-4,11H2,1-2H3. The van der Waals surface area contributed by atoms with Crippen molar-refractivity contribution < 1.29 is 9.66 Å². The molecular weight excluding hydrogens is 334 g/mol. The van der Waals surface area contributed by atoms with Crippen molar-refractivity contribution in [2.45, 2.75) is 26.3 Å². The van der Waals surface area contributed by atoms with Gasteiger partial charge < -0.3 is 4.74 Å². The number of unbranched alkanes of at least 4 members (excludes halogenated alkanes) is 1. The number of hydrogen-bond acceptors (Lipinski definition) is 5. The fraction of sp³-hybridized carbons (Fsp3) is 0.263. The molecule has 0 saturated heterocycles. The number of pyridine rings is 2. The Labute approximate surface area is 150 Å². The first-order valence-corrected chi connectivity index (χ1v) is 8.38. The summed E-state index contributed by atoms with van der Waals surface area (Å²) in [5.74, 6) is 0.559. The van der Waals surface area contributed by atoms with Crippen LogP contribution in [0.2, 0.25) is 0 Å². The van der Waals surface area contributed by atoms with E-state index < -0.39 is 16.2 Å². The Kier molecular flexibility index (Phi) is 4.97. The molecule has 0 aliphatic heterocycles. The molecule has 1 aromatic carbocycles. The molecule has 0 aliphatic carbocycles. The van der Waals surface area contributed by atoms with Gasteiger partial charge in [-0.2, -0.15) is 0 Å². The topological polar surface area (TPSA) is 87.3 Å². The van der Waals surface area contributed by atoms with E-state index in [-0.39, 0.29) is 5.56 Å². The van der Waals surface area contributed by atoms with Gasteiger partial charge in [-0.3, -0.25) is 19.5 Å². The Bertz CT molecular complexity index is 1030. The summed E-state index contributed by atoms with van der Waals surface area (Å²) in [6.07, 6.45) is 3.19. The highest BCUT2D eigenvalue weighted by molar-refractivity contribution is 5.97. The van der Waals surface area contributed by atoms with E-state index in [1.54, 1.807) is 42.6 Å². The third-order valence-corrected chi connectivity index (χ3v) is 4.27. The van der Waals surface area contributed by atoms with Crippen LogP contribution in [-0.2, 0) is 6.54 Å². The van der Waals surface area contributed by atoms with Crippen molar-refractivity contribution >= 4 is 16.7 Å². The minimum atomic E-state index is -0.632. The summed E-state index contributed by atoms with van der Waals surface area (Å²) in [5.41, 5.74) is 0.209. The third-order valence-electron chi connectivity index (χ3n) is 4.27. The predicted octanol–water partition coefficient (Wildman–Crippen LogP) is 3.78. The number of ether oxygens (including phenoxy) is 1. The van der Waals surface area contributed by atoms with Gasteiger partial charge in [0.15, 0.2) is 0 Å². The Hall–Kier alpha value is -3.22. The SMILES string of the molecule is CCCCn1c(=O)c([N+](=O)[O-])c(-c2cccc(OC)c2)c2cccnc21. The van der Waals surface area contributed by atoms with E-state index in [0.29, 0.717) is 28.9 Å². The molecular formula is C19H19N3O4. The number of fused-ring (bicyclic) bond motifs is 1. The molecule has 0 fully saturated rings. The summed E-state index contributed by atoms with van der Waals surface area (Å²) >= 11 is 0. The van der Waals surface area contributed by atoms with Crippen LogP contribution in [-0.4, -0.2) is 21.6 Å². The lowest BCUT2D eigenvalue weighted by molar-refractivity contribution is -0.385. The number of rotatable bonds is 6. The van der Waals surface area contributed by atoms with Gasteiger partial charge in [0.25, 0.3) is 0 Å². The van der Waals surface area contributed by atoms with Crippen molar-refractivity contribution in [3.63, 3.8) is 0 Å². The molecule has 0 unspecified atom stereocenters. The summed E-state index contributed by atoms with van der Waals surface area (Å²) in [6.45, 7) is 2.39. The van der Waals surface area contributed by atoms with Crippen LogP contribution in [0.25, 0.3) is 22.2 Å². The summed E-state index contributed by atoms with van der Waals surface area (Å²) in [6, 6.07) is 10.4. The molecule has 2 aromatic heterocycles.